The summed E-state index contributed by atoms with van der Waals surface area (Å²) in [7, 11) is 0. The largest absolute Gasteiger partial charge is 0.491 e. The molecule has 1 saturated carbocycles. The standard InChI is InChI=1S/C29H39N3O2/c1-22-16-17-27(23(2)21-22)34-20-19-32-26-14-9-8-13-25(26)31-28(32)15-7-4-10-18-30-29(33)24-11-5-3-6-12-24/h8-9,13-14,16-17,21,24H,3-7,10-12,15,18-20H2,1-2H3,(H,30,33). The number of imidazole rings is 1. The average Bonchev–Trinajstić information content (AvgIpc) is 3.20. The van der Waals surface area contributed by atoms with E-state index < -0.39 is 0 Å². The molecule has 2 aromatic carbocycles. The van der Waals surface area contributed by atoms with E-state index in [-0.39, 0.29) is 11.8 Å². The number of ether oxygens (including phenoxy) is 1. The summed E-state index contributed by atoms with van der Waals surface area (Å²) in [5.74, 6) is 2.59. The van der Waals surface area contributed by atoms with Crippen LogP contribution >= 0.6 is 0 Å². The van der Waals surface area contributed by atoms with E-state index >= 15 is 0 Å². The van der Waals surface area contributed by atoms with Crippen LogP contribution in [-0.4, -0.2) is 28.6 Å². The van der Waals surface area contributed by atoms with E-state index in [1.54, 1.807) is 0 Å². The molecule has 0 aliphatic heterocycles. The highest BCUT2D eigenvalue weighted by Gasteiger charge is 2.20. The first kappa shape index (κ1) is 24.3. The fourth-order valence-electron chi connectivity index (χ4n) is 5.08. The predicted octanol–water partition coefficient (Wildman–Crippen LogP) is 6.14. The van der Waals surface area contributed by atoms with E-state index in [9.17, 15) is 4.79 Å². The Bertz CT molecular complexity index is 1080. The van der Waals surface area contributed by atoms with Crippen molar-refractivity contribution < 1.29 is 9.53 Å². The number of amides is 1. The van der Waals surface area contributed by atoms with Gasteiger partial charge in [0.1, 0.15) is 18.2 Å². The molecule has 3 aromatic rings. The molecule has 0 saturated heterocycles. The van der Waals surface area contributed by atoms with Gasteiger partial charge in [0.05, 0.1) is 17.6 Å². The van der Waals surface area contributed by atoms with Gasteiger partial charge in [0.25, 0.3) is 0 Å². The number of hydrogen-bond donors (Lipinski definition) is 1. The van der Waals surface area contributed by atoms with Gasteiger partial charge in [0.2, 0.25) is 5.91 Å². The number of hydrogen-bond acceptors (Lipinski definition) is 3. The van der Waals surface area contributed by atoms with Crippen LogP contribution < -0.4 is 10.1 Å². The molecule has 0 radical (unpaired) electrons. The highest BCUT2D eigenvalue weighted by atomic mass is 16.5. The summed E-state index contributed by atoms with van der Waals surface area (Å²) in [5.41, 5.74) is 4.64. The topological polar surface area (TPSA) is 56.1 Å². The molecule has 1 heterocycles. The Hall–Kier alpha value is -2.82. The first-order valence-corrected chi connectivity index (χ1v) is 13.0. The third kappa shape index (κ3) is 6.40. The lowest BCUT2D eigenvalue weighted by molar-refractivity contribution is -0.125. The Kier molecular flexibility index (Phi) is 8.62. The summed E-state index contributed by atoms with van der Waals surface area (Å²) < 4.78 is 8.42. The molecular weight excluding hydrogens is 422 g/mol. The molecule has 1 N–H and O–H groups in total. The number of carbonyl (C=O) groups excluding carboxylic acids is 1. The molecule has 4 rings (SSSR count). The highest BCUT2D eigenvalue weighted by molar-refractivity contribution is 5.78. The van der Waals surface area contributed by atoms with Crippen molar-refractivity contribution in [1.82, 2.24) is 14.9 Å². The van der Waals surface area contributed by atoms with Gasteiger partial charge in [0.15, 0.2) is 0 Å². The molecule has 0 spiro atoms. The second-order valence-corrected chi connectivity index (χ2v) is 9.72. The Balaban J connectivity index is 1.26. The number of nitrogens with one attached hydrogen (secondary N) is 1. The zero-order chi connectivity index (χ0) is 23.8. The second-order valence-electron chi connectivity index (χ2n) is 9.72. The van der Waals surface area contributed by atoms with E-state index in [4.69, 9.17) is 9.72 Å². The van der Waals surface area contributed by atoms with E-state index in [2.05, 4.69) is 60.1 Å². The molecule has 1 aromatic heterocycles. The smallest absolute Gasteiger partial charge is 0.223 e. The van der Waals surface area contributed by atoms with Crippen LogP contribution in [0.4, 0.5) is 0 Å². The summed E-state index contributed by atoms with van der Waals surface area (Å²) in [4.78, 5) is 17.2. The van der Waals surface area contributed by atoms with Crippen LogP contribution in [0.25, 0.3) is 11.0 Å². The molecule has 0 atom stereocenters. The second kappa shape index (κ2) is 12.0. The minimum Gasteiger partial charge on any atom is -0.491 e. The zero-order valence-electron chi connectivity index (χ0n) is 20.8. The molecule has 0 bridgehead atoms. The summed E-state index contributed by atoms with van der Waals surface area (Å²) in [5, 5.41) is 3.16. The summed E-state index contributed by atoms with van der Waals surface area (Å²) in [6.07, 6.45) is 9.94. The lowest BCUT2D eigenvalue weighted by Gasteiger charge is -2.20. The van der Waals surface area contributed by atoms with Crippen LogP contribution in [0.15, 0.2) is 42.5 Å². The first-order chi connectivity index (χ1) is 16.6. The van der Waals surface area contributed by atoms with Gasteiger partial charge in [-0.3, -0.25) is 4.79 Å². The SMILES string of the molecule is Cc1ccc(OCCn2c(CCCCCNC(=O)C3CCCCC3)nc3ccccc32)c(C)c1. The van der Waals surface area contributed by atoms with Crippen molar-refractivity contribution in [2.45, 2.75) is 78.2 Å². The number of benzene rings is 2. The van der Waals surface area contributed by atoms with Crippen LogP contribution in [0.1, 0.15) is 68.3 Å². The van der Waals surface area contributed by atoms with Crippen LogP contribution in [0.2, 0.25) is 0 Å². The molecule has 1 aliphatic carbocycles. The first-order valence-electron chi connectivity index (χ1n) is 13.0. The molecule has 1 amide bonds. The van der Waals surface area contributed by atoms with Crippen molar-refractivity contribution in [3.05, 3.63) is 59.4 Å². The predicted molar refractivity (Wildman–Crippen MR) is 138 cm³/mol. The number of unbranched alkanes of at least 4 members (excludes halogenated alkanes) is 2. The third-order valence-electron chi connectivity index (χ3n) is 6.99. The number of para-hydroxylation sites is 2. The van der Waals surface area contributed by atoms with Crippen molar-refractivity contribution in [3.63, 3.8) is 0 Å². The average molecular weight is 462 g/mol. The lowest BCUT2D eigenvalue weighted by Crippen LogP contribution is -2.32. The van der Waals surface area contributed by atoms with Gasteiger partial charge in [-0.1, -0.05) is 55.5 Å². The van der Waals surface area contributed by atoms with Gasteiger partial charge in [-0.2, -0.15) is 0 Å². The Morgan fingerprint density at radius 3 is 2.71 bits per heavy atom. The van der Waals surface area contributed by atoms with Crippen molar-refractivity contribution in [3.8, 4) is 5.75 Å². The number of aryl methyl sites for hydroxylation is 3. The lowest BCUT2D eigenvalue weighted by atomic mass is 9.89. The minimum absolute atomic E-state index is 0.250. The molecule has 34 heavy (non-hydrogen) atoms. The van der Waals surface area contributed by atoms with Crippen molar-refractivity contribution >= 4 is 16.9 Å². The third-order valence-corrected chi connectivity index (χ3v) is 6.99. The van der Waals surface area contributed by atoms with E-state index in [0.29, 0.717) is 6.61 Å². The van der Waals surface area contributed by atoms with Crippen molar-refractivity contribution in [1.29, 1.82) is 0 Å². The zero-order valence-corrected chi connectivity index (χ0v) is 20.8. The quantitative estimate of drug-likeness (QED) is 0.349. The normalized spacial score (nSPS) is 14.4. The highest BCUT2D eigenvalue weighted by Crippen LogP contribution is 2.24. The van der Waals surface area contributed by atoms with Gasteiger partial charge in [-0.25, -0.2) is 4.98 Å². The van der Waals surface area contributed by atoms with Gasteiger partial charge in [0, 0.05) is 18.9 Å². The molecule has 1 aliphatic rings. The summed E-state index contributed by atoms with van der Waals surface area (Å²) in [6, 6.07) is 14.7. The Morgan fingerprint density at radius 1 is 1.06 bits per heavy atom. The maximum absolute atomic E-state index is 12.3. The fourth-order valence-corrected chi connectivity index (χ4v) is 5.08. The number of nitrogens with zero attached hydrogens (tertiary/aromatic N) is 2. The maximum atomic E-state index is 12.3. The molecule has 5 heteroatoms. The number of rotatable bonds is 11. The van der Waals surface area contributed by atoms with Crippen molar-refractivity contribution in [2.75, 3.05) is 13.2 Å². The number of carbonyl (C=O) groups is 1. The maximum Gasteiger partial charge on any atom is 0.223 e. The Morgan fingerprint density at radius 2 is 1.88 bits per heavy atom. The van der Waals surface area contributed by atoms with Crippen molar-refractivity contribution in [2.24, 2.45) is 5.92 Å². The van der Waals surface area contributed by atoms with Gasteiger partial charge in [-0.15, -0.1) is 0 Å². The fraction of sp³-hybridized carbons (Fsp3) is 0.517. The number of fused-ring (bicyclic) bond motifs is 1. The monoisotopic (exact) mass is 461 g/mol. The van der Waals surface area contributed by atoms with Crippen LogP contribution in [0, 0.1) is 19.8 Å². The summed E-state index contributed by atoms with van der Waals surface area (Å²) in [6.45, 7) is 6.38. The van der Waals surface area contributed by atoms with Gasteiger partial charge in [-0.05, 0) is 63.3 Å². The minimum atomic E-state index is 0.250. The Labute approximate surface area is 203 Å². The molecule has 0 unspecified atom stereocenters. The van der Waals surface area contributed by atoms with E-state index in [1.165, 1.54) is 35.9 Å². The van der Waals surface area contributed by atoms with E-state index in [1.807, 2.05) is 6.07 Å². The van der Waals surface area contributed by atoms with Crippen LogP contribution in [0.5, 0.6) is 5.75 Å². The van der Waals surface area contributed by atoms with Gasteiger partial charge < -0.3 is 14.6 Å². The summed E-state index contributed by atoms with van der Waals surface area (Å²) >= 11 is 0. The van der Waals surface area contributed by atoms with Crippen LogP contribution in [-0.2, 0) is 17.8 Å². The number of aromatic nitrogens is 2. The van der Waals surface area contributed by atoms with E-state index in [0.717, 1.165) is 68.7 Å². The molecule has 5 nitrogen and oxygen atoms in total. The van der Waals surface area contributed by atoms with Gasteiger partial charge >= 0.3 is 0 Å². The molecule has 1 fully saturated rings. The molecular formula is C29H39N3O2. The molecule has 182 valence electrons. The van der Waals surface area contributed by atoms with Crippen LogP contribution in [0.3, 0.4) is 0 Å².